The van der Waals surface area contributed by atoms with E-state index >= 15 is 0 Å². The van der Waals surface area contributed by atoms with Crippen LogP contribution in [0.5, 0.6) is 5.75 Å². The minimum Gasteiger partial charge on any atom is -0.493 e. The van der Waals surface area contributed by atoms with Crippen molar-refractivity contribution in [3.63, 3.8) is 0 Å². The first kappa shape index (κ1) is 26.0. The van der Waals surface area contributed by atoms with Gasteiger partial charge in [-0.2, -0.15) is 0 Å². The fourth-order valence-electron chi connectivity index (χ4n) is 4.31. The van der Waals surface area contributed by atoms with E-state index in [-0.39, 0.29) is 0 Å². The van der Waals surface area contributed by atoms with Gasteiger partial charge in [0.2, 0.25) is 0 Å². The van der Waals surface area contributed by atoms with Gasteiger partial charge in [0.15, 0.2) is 0 Å². The molecular weight excluding hydrogens is 460 g/mol. The molecule has 1 atom stereocenters. The zero-order valence-corrected chi connectivity index (χ0v) is 22.5. The van der Waals surface area contributed by atoms with Gasteiger partial charge in [-0.05, 0) is 70.3 Å². The second-order valence-corrected chi connectivity index (χ2v) is 10.2. The maximum absolute atomic E-state index is 6.73. The van der Waals surface area contributed by atoms with Crippen LogP contribution < -0.4 is 4.74 Å². The third-order valence-electron chi connectivity index (χ3n) is 6.94. The van der Waals surface area contributed by atoms with E-state index in [1.807, 2.05) is 12.1 Å². The number of rotatable bonds is 11. The topological polar surface area (TPSA) is 9.23 Å². The van der Waals surface area contributed by atoms with Crippen LogP contribution in [0.15, 0.2) is 91.0 Å². The Kier molecular flexibility index (Phi) is 9.25. The van der Waals surface area contributed by atoms with E-state index in [9.17, 15) is 0 Å². The fraction of sp³-hybridized carbons (Fsp3) is 0.294. The van der Waals surface area contributed by atoms with Gasteiger partial charge in [0.25, 0.3) is 0 Å². The number of benzene rings is 4. The molecule has 4 aromatic rings. The zero-order valence-electron chi connectivity index (χ0n) is 21.8. The molecule has 0 aliphatic carbocycles. The Hall–Kier alpha value is -3.03. The molecule has 4 rings (SSSR count). The van der Waals surface area contributed by atoms with Crippen molar-refractivity contribution in [1.82, 2.24) is 0 Å². The van der Waals surface area contributed by atoms with Crippen molar-refractivity contribution in [2.24, 2.45) is 5.92 Å². The number of unbranched alkanes of at least 4 members (excludes halogenated alkanes) is 2. The van der Waals surface area contributed by atoms with Gasteiger partial charge in [-0.1, -0.05) is 124 Å². The Morgan fingerprint density at radius 1 is 0.667 bits per heavy atom. The lowest BCUT2D eigenvalue weighted by atomic mass is 9.97. The highest BCUT2D eigenvalue weighted by molar-refractivity contribution is 6.33. The van der Waals surface area contributed by atoms with Crippen molar-refractivity contribution in [2.45, 2.75) is 52.9 Å². The van der Waals surface area contributed by atoms with Crippen molar-refractivity contribution in [1.29, 1.82) is 0 Å². The van der Waals surface area contributed by atoms with E-state index < -0.39 is 0 Å². The van der Waals surface area contributed by atoms with E-state index in [4.69, 9.17) is 16.3 Å². The summed E-state index contributed by atoms with van der Waals surface area (Å²) in [5, 5.41) is 0.753. The minimum absolute atomic E-state index is 0.557. The van der Waals surface area contributed by atoms with Gasteiger partial charge in [-0.15, -0.1) is 0 Å². The second-order valence-electron chi connectivity index (χ2n) is 9.77. The van der Waals surface area contributed by atoms with Gasteiger partial charge in [-0.3, -0.25) is 0 Å². The highest BCUT2D eigenvalue weighted by atomic mass is 35.5. The Labute approximate surface area is 222 Å². The van der Waals surface area contributed by atoms with Crippen molar-refractivity contribution >= 4 is 11.6 Å². The van der Waals surface area contributed by atoms with E-state index in [0.29, 0.717) is 5.92 Å². The van der Waals surface area contributed by atoms with Gasteiger partial charge in [-0.25, -0.2) is 0 Å². The normalized spacial score (nSPS) is 11.9. The molecule has 1 nitrogen and oxygen atoms in total. The molecular formula is C34H37ClO. The number of ether oxygens (including phenoxy) is 1. The largest absolute Gasteiger partial charge is 0.493 e. The summed E-state index contributed by atoms with van der Waals surface area (Å²) in [6, 6.07) is 32.3. The summed E-state index contributed by atoms with van der Waals surface area (Å²) in [4.78, 5) is 0. The Balaban J connectivity index is 1.43. The van der Waals surface area contributed by atoms with Crippen molar-refractivity contribution < 1.29 is 4.74 Å². The van der Waals surface area contributed by atoms with Crippen LogP contribution in [-0.4, -0.2) is 6.61 Å². The molecule has 0 aromatic heterocycles. The molecule has 0 spiro atoms. The standard InChI is InChI=1S/C34H37ClO/c1-4-6-7-8-26-9-11-27(12-10-26)28-13-15-29(16-14-28)31-19-22-33(34(35)23-31)30-17-20-32(21-18-30)36-24-25(3)5-2/h9-23,25H,4-8,24H2,1-3H3. The molecule has 36 heavy (non-hydrogen) atoms. The lowest BCUT2D eigenvalue weighted by Gasteiger charge is -2.12. The van der Waals surface area contributed by atoms with E-state index in [2.05, 4.69) is 99.6 Å². The Bertz CT molecular complexity index is 1220. The third-order valence-corrected chi connectivity index (χ3v) is 7.25. The molecule has 1 unspecified atom stereocenters. The molecule has 0 heterocycles. The predicted molar refractivity (Wildman–Crippen MR) is 156 cm³/mol. The molecule has 0 bridgehead atoms. The molecule has 0 N–H and O–H groups in total. The number of aryl methyl sites for hydroxylation is 1. The summed E-state index contributed by atoms with van der Waals surface area (Å²) < 4.78 is 5.89. The van der Waals surface area contributed by atoms with E-state index in [1.54, 1.807) is 0 Å². The summed E-state index contributed by atoms with van der Waals surface area (Å²) in [5.41, 5.74) is 8.32. The molecule has 0 aliphatic rings. The summed E-state index contributed by atoms with van der Waals surface area (Å²) in [6.07, 6.45) is 6.12. The maximum atomic E-state index is 6.73. The van der Waals surface area contributed by atoms with Crippen molar-refractivity contribution in [3.8, 4) is 39.1 Å². The highest BCUT2D eigenvalue weighted by Crippen LogP contribution is 2.34. The smallest absolute Gasteiger partial charge is 0.119 e. The minimum atomic E-state index is 0.557. The van der Waals surface area contributed by atoms with Crippen LogP contribution in [0.1, 0.15) is 52.0 Å². The highest BCUT2D eigenvalue weighted by Gasteiger charge is 2.08. The molecule has 2 heteroatoms. The van der Waals surface area contributed by atoms with Gasteiger partial charge in [0, 0.05) is 10.6 Å². The van der Waals surface area contributed by atoms with Crippen LogP contribution in [0.3, 0.4) is 0 Å². The van der Waals surface area contributed by atoms with Crippen LogP contribution >= 0.6 is 11.6 Å². The number of halogens is 1. The van der Waals surface area contributed by atoms with Gasteiger partial charge < -0.3 is 4.74 Å². The Morgan fingerprint density at radius 2 is 1.22 bits per heavy atom. The average molecular weight is 497 g/mol. The van der Waals surface area contributed by atoms with E-state index in [0.717, 1.165) is 46.1 Å². The summed E-state index contributed by atoms with van der Waals surface area (Å²) in [5.74, 6) is 1.46. The molecule has 0 amide bonds. The van der Waals surface area contributed by atoms with Gasteiger partial charge in [0.1, 0.15) is 5.75 Å². The van der Waals surface area contributed by atoms with Crippen molar-refractivity contribution in [2.75, 3.05) is 6.61 Å². The van der Waals surface area contributed by atoms with E-state index in [1.165, 1.54) is 42.4 Å². The van der Waals surface area contributed by atoms with Crippen LogP contribution in [0.4, 0.5) is 0 Å². The lowest BCUT2D eigenvalue weighted by Crippen LogP contribution is -2.06. The Morgan fingerprint density at radius 3 is 1.81 bits per heavy atom. The SMILES string of the molecule is CCCCCc1ccc(-c2ccc(-c3ccc(-c4ccc(OCC(C)CC)cc4)c(Cl)c3)cc2)cc1. The summed E-state index contributed by atoms with van der Waals surface area (Å²) >= 11 is 6.73. The summed E-state index contributed by atoms with van der Waals surface area (Å²) in [7, 11) is 0. The summed E-state index contributed by atoms with van der Waals surface area (Å²) in [6.45, 7) is 7.38. The molecule has 0 saturated carbocycles. The quantitative estimate of drug-likeness (QED) is 0.187. The van der Waals surface area contributed by atoms with Gasteiger partial charge >= 0.3 is 0 Å². The fourth-order valence-corrected chi connectivity index (χ4v) is 4.60. The van der Waals surface area contributed by atoms with Crippen LogP contribution in [0, 0.1) is 5.92 Å². The number of hydrogen-bond donors (Lipinski definition) is 0. The first-order chi connectivity index (χ1) is 17.6. The molecule has 0 fully saturated rings. The van der Waals surface area contributed by atoms with Crippen LogP contribution in [-0.2, 0) is 6.42 Å². The first-order valence-corrected chi connectivity index (χ1v) is 13.7. The third kappa shape index (κ3) is 6.80. The lowest BCUT2D eigenvalue weighted by molar-refractivity contribution is 0.256. The molecule has 186 valence electrons. The molecule has 4 aromatic carbocycles. The maximum Gasteiger partial charge on any atom is 0.119 e. The molecule has 0 saturated heterocycles. The van der Waals surface area contributed by atoms with Crippen LogP contribution in [0.2, 0.25) is 5.02 Å². The first-order valence-electron chi connectivity index (χ1n) is 13.3. The monoisotopic (exact) mass is 496 g/mol. The van der Waals surface area contributed by atoms with Gasteiger partial charge in [0.05, 0.1) is 6.61 Å². The van der Waals surface area contributed by atoms with Crippen LogP contribution in [0.25, 0.3) is 33.4 Å². The predicted octanol–water partition coefficient (Wildman–Crippen LogP) is 10.5. The second kappa shape index (κ2) is 12.8. The molecule has 0 aliphatic heterocycles. The molecule has 0 radical (unpaired) electrons. The number of hydrogen-bond acceptors (Lipinski definition) is 1. The zero-order chi connectivity index (χ0) is 25.3. The van der Waals surface area contributed by atoms with Crippen molar-refractivity contribution in [3.05, 3.63) is 102 Å². The average Bonchev–Trinajstić information content (AvgIpc) is 2.92.